The van der Waals surface area contributed by atoms with Gasteiger partial charge in [0, 0.05) is 37.3 Å². The molecule has 0 amide bonds. The van der Waals surface area contributed by atoms with Crippen molar-refractivity contribution in [1.29, 1.82) is 0 Å². The SMILES string of the molecule is [O].[O].[O].[O].[O].[P]. The van der Waals surface area contributed by atoms with Gasteiger partial charge in [0.1, 0.15) is 0 Å². The van der Waals surface area contributed by atoms with Gasteiger partial charge in [0.2, 0.25) is 0 Å². The molecule has 0 spiro atoms. The van der Waals surface area contributed by atoms with E-state index in [0.29, 0.717) is 0 Å². The van der Waals surface area contributed by atoms with E-state index in [1.54, 1.807) is 0 Å². The van der Waals surface area contributed by atoms with Crippen LogP contribution in [0.3, 0.4) is 0 Å². The highest BCUT2D eigenvalue weighted by molar-refractivity contribution is 6.92. The van der Waals surface area contributed by atoms with Crippen molar-refractivity contribution in [2.75, 3.05) is 0 Å². The Morgan fingerprint density at radius 1 is 0.333 bits per heavy atom. The van der Waals surface area contributed by atoms with E-state index in [1.807, 2.05) is 0 Å². The molecular weight excluding hydrogens is 111 g/mol. The predicted molar refractivity (Wildman–Crippen MR) is 10.4 cm³/mol. The van der Waals surface area contributed by atoms with Gasteiger partial charge in [-0.2, -0.15) is 0 Å². The molecule has 6 heteroatoms. The lowest BCUT2D eigenvalue weighted by Crippen LogP contribution is -0.120. The van der Waals surface area contributed by atoms with Crippen LogP contribution in [0.5, 0.6) is 0 Å². The fourth-order valence-corrected chi connectivity index (χ4v) is 0. The smallest absolute Gasteiger partial charge is 0 e. The Morgan fingerprint density at radius 2 is 0.333 bits per heavy atom. The third kappa shape index (κ3) is 834. The van der Waals surface area contributed by atoms with Crippen LogP contribution in [0.15, 0.2) is 0 Å². The van der Waals surface area contributed by atoms with Gasteiger partial charge in [-0.3, -0.25) is 0 Å². The quantitative estimate of drug-likeness (QED) is 0.395. The van der Waals surface area contributed by atoms with Gasteiger partial charge >= 0.3 is 0 Å². The summed E-state index contributed by atoms with van der Waals surface area (Å²) < 4.78 is 0. The maximum Gasteiger partial charge on any atom is 0 e. The standard InChI is InChI=1S/5O.P. The summed E-state index contributed by atoms with van der Waals surface area (Å²) in [4.78, 5) is 0. The van der Waals surface area contributed by atoms with E-state index < -0.39 is 0 Å². The second-order valence-corrected chi connectivity index (χ2v) is 0. The fraction of sp³-hybridized carbons (Fsp3) is 0. The van der Waals surface area contributed by atoms with Gasteiger partial charge in [0.05, 0.1) is 0 Å². The van der Waals surface area contributed by atoms with E-state index in [0.717, 1.165) is 0 Å². The van der Waals surface area contributed by atoms with Crippen molar-refractivity contribution in [3.63, 3.8) is 0 Å². The minimum atomic E-state index is 0. The third-order valence-electron chi connectivity index (χ3n) is 0. The molecule has 0 atom stereocenters. The molecule has 0 N–H and O–H groups in total. The third-order valence-corrected chi connectivity index (χ3v) is 0. The average Bonchev–Trinajstić information content (AvgIpc) is 0. The van der Waals surface area contributed by atoms with Gasteiger partial charge < -0.3 is 0 Å². The molecule has 0 saturated carbocycles. The van der Waals surface area contributed by atoms with Crippen LogP contribution < -0.4 is 0 Å². The van der Waals surface area contributed by atoms with Crippen molar-refractivity contribution < 1.29 is 27.4 Å². The van der Waals surface area contributed by atoms with Crippen LogP contribution in [-0.4, -0.2) is 0 Å². The summed E-state index contributed by atoms with van der Waals surface area (Å²) in [5, 5.41) is 0. The fourth-order valence-electron chi connectivity index (χ4n) is 0. The summed E-state index contributed by atoms with van der Waals surface area (Å²) >= 11 is 0. The molecule has 0 aliphatic heterocycles. The summed E-state index contributed by atoms with van der Waals surface area (Å²) in [6, 6.07) is 0. The molecule has 0 rings (SSSR count). The van der Waals surface area contributed by atoms with Crippen LogP contribution in [0, 0.1) is 0 Å². The number of hydrogen-bond donors (Lipinski definition) is 0. The van der Waals surface area contributed by atoms with Crippen LogP contribution in [0.2, 0.25) is 0 Å². The summed E-state index contributed by atoms with van der Waals surface area (Å²) in [6.07, 6.45) is 0. The topological polar surface area (TPSA) is 142 Å². The largest absolute Gasteiger partial charge is 0 e. The molecule has 13 radical (unpaired) electrons. The first-order valence-electron chi connectivity index (χ1n) is 0. The summed E-state index contributed by atoms with van der Waals surface area (Å²) in [6.45, 7) is 0. The highest BCUT2D eigenvalue weighted by Crippen LogP contribution is 0.861. The molecule has 0 aromatic rings. The van der Waals surface area contributed by atoms with Crippen molar-refractivity contribution in [2.45, 2.75) is 0 Å². The lowest BCUT2D eigenvalue weighted by Gasteiger charge is -0.00100. The minimum absolute atomic E-state index is 0. The highest BCUT2D eigenvalue weighted by atomic mass is 31.0. The lowest BCUT2D eigenvalue weighted by atomic mass is 16.0. The second kappa shape index (κ2) is 1770. The van der Waals surface area contributed by atoms with Crippen LogP contribution in [-0.2, 0) is 27.4 Å². The normalized spacial score (nSPS) is 0. The monoisotopic (exact) mass is 111 g/mol. The van der Waals surface area contributed by atoms with Crippen LogP contribution in [0.1, 0.15) is 0 Å². The van der Waals surface area contributed by atoms with Gasteiger partial charge in [-0.1, -0.05) is 0 Å². The van der Waals surface area contributed by atoms with Gasteiger partial charge in [-0.15, -0.1) is 0 Å². The number of hydrogen-bond acceptors (Lipinski definition) is 0. The maximum atomic E-state index is 0. The van der Waals surface area contributed by atoms with E-state index in [-0.39, 0.29) is 37.3 Å². The van der Waals surface area contributed by atoms with Crippen molar-refractivity contribution >= 4 is 9.90 Å². The molecule has 0 aliphatic carbocycles. The van der Waals surface area contributed by atoms with E-state index in [4.69, 9.17) is 0 Å². The zero-order valence-electron chi connectivity index (χ0n) is 2.49. The molecular formula is O5P. The first-order valence-corrected chi connectivity index (χ1v) is 0. The van der Waals surface area contributed by atoms with Crippen LogP contribution in [0.25, 0.3) is 0 Å². The molecule has 0 unspecified atom stereocenters. The van der Waals surface area contributed by atoms with E-state index in [2.05, 4.69) is 0 Å². The Hall–Kier alpha value is 0.230. The zero-order valence-corrected chi connectivity index (χ0v) is 3.38. The van der Waals surface area contributed by atoms with Gasteiger partial charge in [-0.05, 0) is 0 Å². The molecule has 5 nitrogen and oxygen atoms in total. The first-order chi connectivity index (χ1) is 0. The predicted octanol–water partition coefficient (Wildman–Crippen LogP) is 0.267. The lowest BCUT2D eigenvalue weighted by molar-refractivity contribution is 0.685. The molecule has 0 heterocycles. The Kier molecular flexibility index (Phi) is 950000. The van der Waals surface area contributed by atoms with Crippen molar-refractivity contribution in [1.82, 2.24) is 0 Å². The minimum Gasteiger partial charge on any atom is 0 e. The summed E-state index contributed by atoms with van der Waals surface area (Å²) in [7, 11) is 0. The van der Waals surface area contributed by atoms with Gasteiger partial charge in [-0.25, -0.2) is 0 Å². The molecule has 0 bridgehead atoms. The van der Waals surface area contributed by atoms with Crippen molar-refractivity contribution in [3.05, 3.63) is 0 Å². The molecule has 0 aromatic carbocycles. The molecule has 0 aromatic heterocycles. The maximum absolute atomic E-state index is 0. The first kappa shape index (κ1) is 3220. The van der Waals surface area contributed by atoms with Crippen molar-refractivity contribution in [2.24, 2.45) is 0 Å². The van der Waals surface area contributed by atoms with Crippen LogP contribution >= 0.6 is 9.90 Å². The van der Waals surface area contributed by atoms with Crippen molar-refractivity contribution in [3.8, 4) is 0 Å². The molecule has 0 aliphatic rings. The summed E-state index contributed by atoms with van der Waals surface area (Å²) in [5.74, 6) is 0. The Bertz CT molecular complexity index is 3.90. The van der Waals surface area contributed by atoms with Gasteiger partial charge in [0.25, 0.3) is 0 Å². The van der Waals surface area contributed by atoms with E-state index in [9.17, 15) is 0 Å². The Balaban J connectivity index is 0. The highest BCUT2D eigenvalue weighted by Gasteiger charge is 0.00500. The Morgan fingerprint density at radius 3 is 0.333 bits per heavy atom. The molecule has 35 valence electrons. The van der Waals surface area contributed by atoms with E-state index >= 15 is 0 Å². The average molecular weight is 111 g/mol. The summed E-state index contributed by atoms with van der Waals surface area (Å²) in [5.41, 5.74) is 0. The van der Waals surface area contributed by atoms with Gasteiger partial charge in [0.15, 0.2) is 0 Å². The number of rotatable bonds is 0. The molecule has 0 saturated heterocycles. The molecule has 6 heavy (non-hydrogen) atoms. The van der Waals surface area contributed by atoms with Crippen LogP contribution in [0.4, 0.5) is 0 Å². The zero-order chi connectivity index (χ0) is 0. The molecule has 0 fully saturated rings. The second-order valence-electron chi connectivity index (χ2n) is 0. The Labute approximate surface area is 38.5 Å². The van der Waals surface area contributed by atoms with E-state index in [1.165, 1.54) is 0 Å².